The van der Waals surface area contributed by atoms with Gasteiger partial charge >= 0.3 is 6.36 Å². The third kappa shape index (κ3) is 4.53. The van der Waals surface area contributed by atoms with E-state index in [1.807, 2.05) is 0 Å². The molecule has 0 radical (unpaired) electrons. The zero-order valence-electron chi connectivity index (χ0n) is 11.3. The average Bonchev–Trinajstić information content (AvgIpc) is 2.86. The van der Waals surface area contributed by atoms with Gasteiger partial charge in [0.05, 0.1) is 23.4 Å². The van der Waals surface area contributed by atoms with Crippen molar-refractivity contribution in [3.63, 3.8) is 0 Å². The molecule has 0 saturated carbocycles. The molecule has 0 bridgehead atoms. The van der Waals surface area contributed by atoms with Crippen molar-refractivity contribution < 1.29 is 27.2 Å². The predicted octanol–water partition coefficient (Wildman–Crippen LogP) is 1.65. The quantitative estimate of drug-likeness (QED) is 0.899. The van der Waals surface area contributed by atoms with E-state index in [1.54, 1.807) is 0 Å². The Bertz CT molecular complexity index is 658. The standard InChI is InChI=1S/C12H12F3N3O3S/c1-22(20)11-16-7-18(17-11)6-10(19)8-2-4-9(5-3-8)21-12(13,14)15/h2-5,7,10,19H,6H2,1H3/t10-,22+/m0/s1. The van der Waals surface area contributed by atoms with Gasteiger partial charge in [0.2, 0.25) is 5.16 Å². The van der Waals surface area contributed by atoms with E-state index in [0.717, 1.165) is 12.1 Å². The molecule has 0 saturated heterocycles. The Labute approximate surface area is 126 Å². The van der Waals surface area contributed by atoms with Gasteiger partial charge in [-0.2, -0.15) is 0 Å². The van der Waals surface area contributed by atoms with Crippen molar-refractivity contribution in [1.29, 1.82) is 0 Å². The average molecular weight is 335 g/mol. The van der Waals surface area contributed by atoms with E-state index in [1.165, 1.54) is 29.4 Å². The Morgan fingerprint density at radius 2 is 2.00 bits per heavy atom. The van der Waals surface area contributed by atoms with Crippen LogP contribution in [0.3, 0.4) is 0 Å². The number of halogens is 3. The molecule has 1 aromatic carbocycles. The molecule has 0 fully saturated rings. The fourth-order valence-electron chi connectivity index (χ4n) is 1.67. The van der Waals surface area contributed by atoms with Crippen LogP contribution in [0, 0.1) is 0 Å². The number of ether oxygens (including phenoxy) is 1. The highest BCUT2D eigenvalue weighted by Crippen LogP contribution is 2.24. The summed E-state index contributed by atoms with van der Waals surface area (Å²) in [4.78, 5) is 3.81. The first-order valence-corrected chi connectivity index (χ1v) is 7.57. The van der Waals surface area contributed by atoms with Crippen LogP contribution < -0.4 is 4.74 Å². The summed E-state index contributed by atoms with van der Waals surface area (Å²) >= 11 is 0. The van der Waals surface area contributed by atoms with Gasteiger partial charge in [0.1, 0.15) is 12.1 Å². The van der Waals surface area contributed by atoms with Crippen LogP contribution in [0.5, 0.6) is 5.75 Å². The molecule has 6 nitrogen and oxygen atoms in total. The number of aromatic nitrogens is 3. The number of hydrogen-bond donors (Lipinski definition) is 1. The first kappa shape index (κ1) is 16.4. The lowest BCUT2D eigenvalue weighted by Gasteiger charge is -2.12. The Morgan fingerprint density at radius 3 is 2.50 bits per heavy atom. The van der Waals surface area contributed by atoms with Crippen LogP contribution in [0.2, 0.25) is 0 Å². The monoisotopic (exact) mass is 335 g/mol. The molecule has 0 unspecified atom stereocenters. The van der Waals surface area contributed by atoms with Gasteiger partial charge in [-0.25, -0.2) is 9.67 Å². The summed E-state index contributed by atoms with van der Waals surface area (Å²) in [6.07, 6.45) is -3.01. The molecule has 0 aliphatic carbocycles. The van der Waals surface area contributed by atoms with E-state index in [0.29, 0.717) is 5.56 Å². The number of aliphatic hydroxyl groups excluding tert-OH is 1. The van der Waals surface area contributed by atoms with Crippen LogP contribution in [-0.4, -0.2) is 36.7 Å². The summed E-state index contributed by atoms with van der Waals surface area (Å²) in [6.45, 7) is 0.0314. The molecule has 22 heavy (non-hydrogen) atoms. The first-order valence-electron chi connectivity index (χ1n) is 6.01. The summed E-state index contributed by atoms with van der Waals surface area (Å²) in [5.41, 5.74) is 0.393. The van der Waals surface area contributed by atoms with Crippen molar-refractivity contribution in [3.8, 4) is 5.75 Å². The second-order valence-electron chi connectivity index (χ2n) is 4.34. The van der Waals surface area contributed by atoms with Crippen LogP contribution >= 0.6 is 0 Å². The van der Waals surface area contributed by atoms with Crippen molar-refractivity contribution in [2.24, 2.45) is 0 Å². The maximum absolute atomic E-state index is 12.0. The zero-order valence-corrected chi connectivity index (χ0v) is 12.1. The summed E-state index contributed by atoms with van der Waals surface area (Å²) in [5, 5.41) is 14.1. The summed E-state index contributed by atoms with van der Waals surface area (Å²) in [5.74, 6) is -0.368. The molecule has 0 spiro atoms. The van der Waals surface area contributed by atoms with E-state index in [-0.39, 0.29) is 17.5 Å². The van der Waals surface area contributed by atoms with Crippen molar-refractivity contribution in [3.05, 3.63) is 36.2 Å². The topological polar surface area (TPSA) is 77.2 Å². The summed E-state index contributed by atoms with van der Waals surface area (Å²) in [7, 11) is -1.33. The van der Waals surface area contributed by atoms with Crippen LogP contribution in [0.25, 0.3) is 0 Å². The highest BCUT2D eigenvalue weighted by atomic mass is 32.2. The molecule has 2 aromatic rings. The largest absolute Gasteiger partial charge is 0.573 e. The minimum Gasteiger partial charge on any atom is -0.406 e. The van der Waals surface area contributed by atoms with E-state index < -0.39 is 23.3 Å². The third-order valence-electron chi connectivity index (χ3n) is 2.63. The number of nitrogens with zero attached hydrogens (tertiary/aromatic N) is 3. The second-order valence-corrected chi connectivity index (χ2v) is 5.61. The number of benzene rings is 1. The lowest BCUT2D eigenvalue weighted by molar-refractivity contribution is -0.274. The van der Waals surface area contributed by atoms with E-state index >= 15 is 0 Å². The predicted molar refractivity (Wildman–Crippen MR) is 70.4 cm³/mol. The molecule has 1 heterocycles. The number of alkyl halides is 3. The minimum atomic E-state index is -4.76. The molecule has 0 aliphatic rings. The van der Waals surface area contributed by atoms with Crippen molar-refractivity contribution in [1.82, 2.24) is 14.8 Å². The number of hydrogen-bond acceptors (Lipinski definition) is 5. The number of aliphatic hydroxyl groups is 1. The molecule has 2 atom stereocenters. The Hall–Kier alpha value is -1.94. The molecule has 2 rings (SSSR count). The van der Waals surface area contributed by atoms with Crippen molar-refractivity contribution in [2.75, 3.05) is 6.26 Å². The second kappa shape index (κ2) is 6.44. The molecule has 0 amide bonds. The molecule has 1 aromatic heterocycles. The molecule has 1 N–H and O–H groups in total. The van der Waals surface area contributed by atoms with Crippen LogP contribution in [0.15, 0.2) is 35.7 Å². The van der Waals surface area contributed by atoms with E-state index in [4.69, 9.17) is 0 Å². The normalized spacial score (nSPS) is 14.6. The Morgan fingerprint density at radius 1 is 1.36 bits per heavy atom. The van der Waals surface area contributed by atoms with Crippen LogP contribution in [0.4, 0.5) is 13.2 Å². The minimum absolute atomic E-state index is 0.0314. The lowest BCUT2D eigenvalue weighted by atomic mass is 10.1. The fourth-order valence-corrected chi connectivity index (χ4v) is 2.09. The zero-order chi connectivity index (χ0) is 16.3. The van der Waals surface area contributed by atoms with Crippen molar-refractivity contribution in [2.45, 2.75) is 24.2 Å². The maximum Gasteiger partial charge on any atom is 0.573 e. The van der Waals surface area contributed by atoms with Gasteiger partial charge in [-0.15, -0.1) is 18.3 Å². The van der Waals surface area contributed by atoms with Crippen LogP contribution in [-0.2, 0) is 17.3 Å². The molecule has 0 aliphatic heterocycles. The first-order chi connectivity index (χ1) is 10.2. The molecular formula is C12H12F3N3O3S. The van der Waals surface area contributed by atoms with Gasteiger partial charge in [-0.05, 0) is 17.7 Å². The van der Waals surface area contributed by atoms with Gasteiger partial charge < -0.3 is 9.84 Å². The Kier molecular flexibility index (Phi) is 4.81. The van der Waals surface area contributed by atoms with Crippen LogP contribution in [0.1, 0.15) is 11.7 Å². The smallest absolute Gasteiger partial charge is 0.406 e. The summed E-state index contributed by atoms with van der Waals surface area (Å²) in [6, 6.07) is 4.86. The van der Waals surface area contributed by atoms with Gasteiger partial charge in [0.25, 0.3) is 0 Å². The van der Waals surface area contributed by atoms with Gasteiger partial charge in [0.15, 0.2) is 0 Å². The maximum atomic E-state index is 12.0. The summed E-state index contributed by atoms with van der Waals surface area (Å²) < 4.78 is 52.3. The highest BCUT2D eigenvalue weighted by Gasteiger charge is 2.31. The van der Waals surface area contributed by atoms with Gasteiger partial charge in [0, 0.05) is 6.26 Å². The lowest BCUT2D eigenvalue weighted by Crippen LogP contribution is -2.17. The van der Waals surface area contributed by atoms with E-state index in [9.17, 15) is 22.5 Å². The number of rotatable bonds is 5. The third-order valence-corrected chi connectivity index (χ3v) is 3.33. The molecule has 120 valence electrons. The SMILES string of the molecule is C[S@@](=O)c1ncn(C[C@H](O)c2ccc(OC(F)(F)F)cc2)n1. The van der Waals surface area contributed by atoms with E-state index in [2.05, 4.69) is 14.8 Å². The van der Waals surface area contributed by atoms with Crippen molar-refractivity contribution >= 4 is 10.8 Å². The fraction of sp³-hybridized carbons (Fsp3) is 0.333. The molecule has 10 heteroatoms. The molecular weight excluding hydrogens is 323 g/mol. The highest BCUT2D eigenvalue weighted by molar-refractivity contribution is 7.84. The van der Waals surface area contributed by atoms with Gasteiger partial charge in [-0.1, -0.05) is 12.1 Å². The Balaban J connectivity index is 2.02. The van der Waals surface area contributed by atoms with Gasteiger partial charge in [-0.3, -0.25) is 4.21 Å².